The van der Waals surface area contributed by atoms with Gasteiger partial charge in [0.1, 0.15) is 6.04 Å². The smallest absolute Gasteiger partial charge is 0.158 e. The molecule has 15 heavy (non-hydrogen) atoms. The van der Waals surface area contributed by atoms with E-state index in [2.05, 4.69) is 0 Å². The van der Waals surface area contributed by atoms with Gasteiger partial charge in [-0.2, -0.15) is 0 Å². The molecule has 1 radical (unpaired) electrons. The summed E-state index contributed by atoms with van der Waals surface area (Å²) in [6.07, 6.45) is 2.92. The van der Waals surface area contributed by atoms with Gasteiger partial charge in [0.05, 0.1) is 13.2 Å². The van der Waals surface area contributed by atoms with E-state index in [1.807, 2.05) is 0 Å². The van der Waals surface area contributed by atoms with Gasteiger partial charge >= 0.3 is 0 Å². The number of ether oxygens (including phenoxy) is 2. The Bertz CT molecular complexity index is 234. The van der Waals surface area contributed by atoms with E-state index in [1.54, 1.807) is 0 Å². The Morgan fingerprint density at radius 1 is 1.40 bits per heavy atom. The van der Waals surface area contributed by atoms with Crippen molar-refractivity contribution in [2.24, 2.45) is 17.6 Å². The van der Waals surface area contributed by atoms with Gasteiger partial charge in [0, 0.05) is 6.42 Å². The molecule has 1 aliphatic carbocycles. The summed E-state index contributed by atoms with van der Waals surface area (Å²) in [6, 6.07) is 0.497. The average molecular weight is 212 g/mol. The Hall–Kier alpha value is -0.450. The Balaban J connectivity index is 1.90. The molecule has 2 fully saturated rings. The lowest BCUT2D eigenvalue weighted by Crippen LogP contribution is -2.32. The van der Waals surface area contributed by atoms with Crippen LogP contribution in [0.15, 0.2) is 0 Å². The Morgan fingerprint density at radius 2 is 2.00 bits per heavy atom. The first kappa shape index (κ1) is 11.0. The highest BCUT2D eigenvalue weighted by atomic mass is 16.7. The fraction of sp³-hybridized carbons (Fsp3) is 0.818. The second-order valence-electron chi connectivity index (χ2n) is 4.36. The molecule has 4 nitrogen and oxygen atoms in total. The van der Waals surface area contributed by atoms with Crippen LogP contribution in [0.5, 0.6) is 0 Å². The van der Waals surface area contributed by atoms with Crippen LogP contribution in [-0.4, -0.2) is 25.3 Å². The van der Waals surface area contributed by atoms with Gasteiger partial charge in [0.15, 0.2) is 12.1 Å². The number of rotatable bonds is 5. The minimum Gasteiger partial charge on any atom is -0.350 e. The van der Waals surface area contributed by atoms with Crippen molar-refractivity contribution in [1.82, 2.24) is 0 Å². The standard InChI is InChI=1S/C11H18NO3/c1-7(13)11(12)9(8-2-3-8)6-10-14-4-5-15-10/h8-10H,2-6,12H2,1H3/t9-/m0/s1. The van der Waals surface area contributed by atoms with E-state index in [1.165, 1.54) is 19.8 Å². The Labute approximate surface area is 90.1 Å². The van der Waals surface area contributed by atoms with Gasteiger partial charge in [0.25, 0.3) is 0 Å². The topological polar surface area (TPSA) is 61.6 Å². The van der Waals surface area contributed by atoms with E-state index in [-0.39, 0.29) is 18.0 Å². The minimum absolute atomic E-state index is 0.00935. The van der Waals surface area contributed by atoms with Crippen molar-refractivity contribution >= 4 is 5.78 Å². The first-order valence-electron chi connectivity index (χ1n) is 5.55. The van der Waals surface area contributed by atoms with Gasteiger partial charge in [0.2, 0.25) is 0 Å². The second-order valence-corrected chi connectivity index (χ2v) is 4.36. The van der Waals surface area contributed by atoms with Gasteiger partial charge in [-0.05, 0) is 31.6 Å². The quantitative estimate of drug-likeness (QED) is 0.734. The molecule has 0 spiro atoms. The number of carbonyl (C=O) groups excluding carboxylic acids is 1. The lowest BCUT2D eigenvalue weighted by Gasteiger charge is -2.23. The van der Waals surface area contributed by atoms with E-state index in [4.69, 9.17) is 15.2 Å². The number of Topliss-reactive ketones (excluding diaryl/α,β-unsaturated/α-hetero) is 1. The van der Waals surface area contributed by atoms with Gasteiger partial charge < -0.3 is 15.2 Å². The third-order valence-electron chi connectivity index (χ3n) is 3.13. The summed E-state index contributed by atoms with van der Waals surface area (Å²) in [5.41, 5.74) is 5.84. The molecule has 1 saturated carbocycles. The molecule has 2 N–H and O–H groups in total. The molecule has 0 amide bonds. The van der Waals surface area contributed by atoms with Crippen molar-refractivity contribution in [2.75, 3.05) is 13.2 Å². The predicted molar refractivity (Wildman–Crippen MR) is 54.6 cm³/mol. The van der Waals surface area contributed by atoms with Crippen molar-refractivity contribution in [2.45, 2.75) is 32.5 Å². The molecular weight excluding hydrogens is 194 g/mol. The summed E-state index contributed by atoms with van der Waals surface area (Å²) in [6.45, 7) is 2.84. The molecule has 0 aromatic carbocycles. The van der Waals surface area contributed by atoms with Crippen LogP contribution in [0, 0.1) is 17.9 Å². The maximum absolute atomic E-state index is 11.2. The van der Waals surface area contributed by atoms with E-state index >= 15 is 0 Å². The van der Waals surface area contributed by atoms with Crippen LogP contribution in [0.25, 0.3) is 0 Å². The van der Waals surface area contributed by atoms with E-state index in [0.29, 0.717) is 25.2 Å². The summed E-state index contributed by atoms with van der Waals surface area (Å²) >= 11 is 0. The Morgan fingerprint density at radius 3 is 2.47 bits per heavy atom. The maximum Gasteiger partial charge on any atom is 0.158 e. The molecule has 1 saturated heterocycles. The number of carbonyl (C=O) groups is 1. The summed E-state index contributed by atoms with van der Waals surface area (Å²) < 4.78 is 10.8. The summed E-state index contributed by atoms with van der Waals surface area (Å²) in [5.74, 6) is 0.720. The first-order valence-corrected chi connectivity index (χ1v) is 5.55. The highest BCUT2D eigenvalue weighted by Crippen LogP contribution is 2.43. The van der Waals surface area contributed by atoms with Gasteiger partial charge in [-0.1, -0.05) is 0 Å². The summed E-state index contributed by atoms with van der Waals surface area (Å²) in [4.78, 5) is 11.2. The third-order valence-corrected chi connectivity index (χ3v) is 3.13. The van der Waals surface area contributed by atoms with Crippen LogP contribution < -0.4 is 5.73 Å². The summed E-state index contributed by atoms with van der Waals surface area (Å²) in [5, 5.41) is 0. The van der Waals surface area contributed by atoms with Crippen molar-refractivity contribution in [3.63, 3.8) is 0 Å². The molecule has 2 aliphatic rings. The first-order chi connectivity index (χ1) is 7.18. The predicted octanol–water partition coefficient (Wildman–Crippen LogP) is 0.855. The van der Waals surface area contributed by atoms with E-state index < -0.39 is 0 Å². The van der Waals surface area contributed by atoms with Crippen LogP contribution >= 0.6 is 0 Å². The number of nitrogens with two attached hydrogens (primary N) is 1. The molecule has 2 rings (SSSR count). The highest BCUT2D eigenvalue weighted by Gasteiger charge is 2.39. The SMILES string of the molecule is CC(=O)[C](N)[C@@H](CC1OCCO1)C1CC1. The molecule has 85 valence electrons. The molecule has 0 bridgehead atoms. The second kappa shape index (κ2) is 4.60. The molecule has 4 heteroatoms. The van der Waals surface area contributed by atoms with Crippen LogP contribution in [0.4, 0.5) is 0 Å². The molecule has 0 aromatic heterocycles. The zero-order valence-electron chi connectivity index (χ0n) is 9.07. The van der Waals surface area contributed by atoms with Gasteiger partial charge in [-0.15, -0.1) is 0 Å². The highest BCUT2D eigenvalue weighted by molar-refractivity contribution is 5.89. The van der Waals surface area contributed by atoms with Crippen molar-refractivity contribution < 1.29 is 14.3 Å². The molecule has 1 heterocycles. The van der Waals surface area contributed by atoms with Crippen molar-refractivity contribution in [3.05, 3.63) is 6.04 Å². The lowest BCUT2D eigenvalue weighted by molar-refractivity contribution is -0.117. The molecule has 0 unspecified atom stereocenters. The fourth-order valence-corrected chi connectivity index (χ4v) is 2.08. The molecule has 0 aromatic rings. The van der Waals surface area contributed by atoms with Crippen LogP contribution in [0.3, 0.4) is 0 Å². The van der Waals surface area contributed by atoms with E-state index in [9.17, 15) is 4.79 Å². The maximum atomic E-state index is 11.2. The largest absolute Gasteiger partial charge is 0.350 e. The normalized spacial score (nSPS) is 24.7. The molecule has 1 atom stereocenters. The van der Waals surface area contributed by atoms with Crippen LogP contribution in [0.2, 0.25) is 0 Å². The van der Waals surface area contributed by atoms with Crippen LogP contribution in [-0.2, 0) is 14.3 Å². The fourth-order valence-electron chi connectivity index (χ4n) is 2.08. The zero-order chi connectivity index (χ0) is 10.8. The zero-order valence-corrected chi connectivity index (χ0v) is 9.07. The number of ketones is 1. The average Bonchev–Trinajstić information content (AvgIpc) is 2.92. The Kier molecular flexibility index (Phi) is 3.38. The number of hydrogen-bond acceptors (Lipinski definition) is 4. The molecule has 1 aliphatic heterocycles. The third kappa shape index (κ3) is 2.77. The van der Waals surface area contributed by atoms with Gasteiger partial charge in [-0.3, -0.25) is 4.79 Å². The van der Waals surface area contributed by atoms with Crippen molar-refractivity contribution in [3.8, 4) is 0 Å². The number of hydrogen-bond donors (Lipinski definition) is 1. The molecular formula is C11H18NO3. The van der Waals surface area contributed by atoms with Crippen molar-refractivity contribution in [1.29, 1.82) is 0 Å². The van der Waals surface area contributed by atoms with Gasteiger partial charge in [-0.25, -0.2) is 0 Å². The van der Waals surface area contributed by atoms with Crippen LogP contribution in [0.1, 0.15) is 26.2 Å². The van der Waals surface area contributed by atoms with E-state index in [0.717, 1.165) is 6.42 Å². The monoisotopic (exact) mass is 212 g/mol. The lowest BCUT2D eigenvalue weighted by atomic mass is 9.89. The summed E-state index contributed by atoms with van der Waals surface area (Å²) in [7, 11) is 0. The minimum atomic E-state index is -0.159.